The van der Waals surface area contributed by atoms with E-state index in [1.165, 1.54) is 11.0 Å². The van der Waals surface area contributed by atoms with Crippen LogP contribution in [0.5, 0.6) is 0 Å². The Balaban J connectivity index is 2.63. The molecule has 0 aliphatic heterocycles. The van der Waals surface area contributed by atoms with Crippen LogP contribution in [0.4, 0.5) is 10.5 Å². The smallest absolute Gasteiger partial charge is 0.328 e. The second kappa shape index (κ2) is 7.13. The molecular weight excluding hydrogens is 256 g/mol. The van der Waals surface area contributed by atoms with Crippen molar-refractivity contribution in [3.8, 4) is 0 Å². The molecule has 0 aromatic heterocycles. The Morgan fingerprint density at radius 2 is 1.95 bits per heavy atom. The van der Waals surface area contributed by atoms with E-state index in [0.29, 0.717) is 12.2 Å². The number of carbonyl (C=O) groups excluding carboxylic acids is 1. The number of anilines is 1. The van der Waals surface area contributed by atoms with Crippen LogP contribution < -0.4 is 5.32 Å². The fourth-order valence-corrected chi connectivity index (χ4v) is 1.54. The largest absolute Gasteiger partial charge is 0.478 e. The lowest BCUT2D eigenvalue weighted by molar-refractivity contribution is -0.131. The topological polar surface area (TPSA) is 69.6 Å². The third-order valence-corrected chi connectivity index (χ3v) is 2.43. The fourth-order valence-electron chi connectivity index (χ4n) is 1.54. The van der Waals surface area contributed by atoms with E-state index < -0.39 is 5.97 Å². The number of benzene rings is 1. The van der Waals surface area contributed by atoms with E-state index in [1.807, 2.05) is 6.92 Å². The molecule has 1 aromatic carbocycles. The van der Waals surface area contributed by atoms with Gasteiger partial charge in [-0.1, -0.05) is 24.3 Å². The van der Waals surface area contributed by atoms with Gasteiger partial charge in [-0.2, -0.15) is 0 Å². The molecule has 0 atom stereocenters. The number of carbonyl (C=O) groups is 2. The normalized spacial score (nSPS) is 10.3. The Morgan fingerprint density at radius 1 is 1.35 bits per heavy atom. The number of carboxylic acid groups (broad SMARTS) is 1. The van der Waals surface area contributed by atoms with Gasteiger partial charge in [0.2, 0.25) is 0 Å². The number of aliphatic carboxylic acids is 1. The van der Waals surface area contributed by atoms with Crippen LogP contribution in [0, 0.1) is 0 Å². The molecule has 5 heteroatoms. The van der Waals surface area contributed by atoms with Gasteiger partial charge in [0.25, 0.3) is 0 Å². The number of nitrogens with zero attached hydrogens (tertiary/aromatic N) is 1. The Labute approximate surface area is 118 Å². The summed E-state index contributed by atoms with van der Waals surface area (Å²) in [5, 5.41) is 11.3. The molecule has 0 radical (unpaired) electrons. The summed E-state index contributed by atoms with van der Waals surface area (Å²) in [6, 6.07) is 6.67. The molecule has 0 spiro atoms. The van der Waals surface area contributed by atoms with Crippen LogP contribution >= 0.6 is 0 Å². The molecule has 0 saturated heterocycles. The van der Waals surface area contributed by atoms with Crippen molar-refractivity contribution in [1.29, 1.82) is 0 Å². The summed E-state index contributed by atoms with van der Waals surface area (Å²) in [6.45, 7) is 6.10. The van der Waals surface area contributed by atoms with Crippen molar-refractivity contribution in [3.63, 3.8) is 0 Å². The molecule has 2 N–H and O–H groups in total. The molecule has 0 bridgehead atoms. The maximum atomic E-state index is 11.8. The summed E-state index contributed by atoms with van der Waals surface area (Å²) in [7, 11) is 1.69. The first-order chi connectivity index (χ1) is 9.38. The highest BCUT2D eigenvalue weighted by molar-refractivity contribution is 5.89. The number of carboxylic acids is 1. The van der Waals surface area contributed by atoms with Crippen molar-refractivity contribution in [2.24, 2.45) is 0 Å². The van der Waals surface area contributed by atoms with E-state index in [1.54, 1.807) is 31.3 Å². The molecule has 1 aromatic rings. The first-order valence-corrected chi connectivity index (χ1v) is 6.06. The van der Waals surface area contributed by atoms with Gasteiger partial charge in [0.1, 0.15) is 0 Å². The summed E-state index contributed by atoms with van der Waals surface area (Å²) in [5.74, 6) is -0.996. The van der Waals surface area contributed by atoms with Crippen molar-refractivity contribution >= 4 is 23.8 Å². The monoisotopic (exact) mass is 274 g/mol. The lowest BCUT2D eigenvalue weighted by Gasteiger charge is -2.17. The van der Waals surface area contributed by atoms with Crippen molar-refractivity contribution in [2.75, 3.05) is 18.9 Å². The molecular formula is C15H18N2O3. The minimum Gasteiger partial charge on any atom is -0.478 e. The predicted molar refractivity (Wildman–Crippen MR) is 79.6 cm³/mol. The zero-order valence-electron chi connectivity index (χ0n) is 11.6. The maximum Gasteiger partial charge on any atom is 0.328 e. The first kappa shape index (κ1) is 15.5. The van der Waals surface area contributed by atoms with Crippen molar-refractivity contribution < 1.29 is 14.7 Å². The molecule has 0 fully saturated rings. The van der Waals surface area contributed by atoms with Gasteiger partial charge in [0, 0.05) is 25.4 Å². The Hall–Kier alpha value is -2.56. The van der Waals surface area contributed by atoms with E-state index in [-0.39, 0.29) is 6.03 Å². The average Bonchev–Trinajstić information content (AvgIpc) is 2.37. The van der Waals surface area contributed by atoms with Crippen molar-refractivity contribution in [1.82, 2.24) is 4.90 Å². The number of hydrogen-bond donors (Lipinski definition) is 2. The van der Waals surface area contributed by atoms with E-state index in [4.69, 9.17) is 5.11 Å². The molecule has 0 unspecified atom stereocenters. The zero-order chi connectivity index (χ0) is 15.1. The van der Waals surface area contributed by atoms with Gasteiger partial charge in [-0.3, -0.25) is 0 Å². The second-order valence-electron chi connectivity index (χ2n) is 4.54. The van der Waals surface area contributed by atoms with Gasteiger partial charge in [0.05, 0.1) is 0 Å². The zero-order valence-corrected chi connectivity index (χ0v) is 11.6. The molecule has 0 heterocycles. The number of nitrogens with one attached hydrogen (secondary N) is 1. The van der Waals surface area contributed by atoms with Gasteiger partial charge in [0.15, 0.2) is 0 Å². The minimum atomic E-state index is -0.996. The molecule has 0 aliphatic rings. The van der Waals surface area contributed by atoms with Gasteiger partial charge < -0.3 is 15.3 Å². The average molecular weight is 274 g/mol. The summed E-state index contributed by atoms with van der Waals surface area (Å²) >= 11 is 0. The van der Waals surface area contributed by atoms with Gasteiger partial charge in [-0.05, 0) is 30.7 Å². The van der Waals surface area contributed by atoms with Crippen LogP contribution in [0.3, 0.4) is 0 Å². The number of hydrogen-bond acceptors (Lipinski definition) is 2. The van der Waals surface area contributed by atoms with Crippen LogP contribution in [-0.2, 0) is 4.79 Å². The standard InChI is InChI=1S/C15H18N2O3/c1-11(2)10-17(3)15(20)16-13-7-4-12(5-8-13)6-9-14(18)19/h4-9H,1,10H2,2-3H3,(H,16,20)(H,18,19)/b9-6+. The maximum absolute atomic E-state index is 11.8. The molecule has 1 rings (SSSR count). The number of likely N-dealkylation sites (N-methyl/N-ethyl adjacent to an activating group) is 1. The molecule has 2 amide bonds. The highest BCUT2D eigenvalue weighted by atomic mass is 16.4. The van der Waals surface area contributed by atoms with Crippen LogP contribution in [0.25, 0.3) is 6.08 Å². The fraction of sp³-hybridized carbons (Fsp3) is 0.200. The van der Waals surface area contributed by atoms with E-state index >= 15 is 0 Å². The summed E-state index contributed by atoms with van der Waals surface area (Å²) in [4.78, 5) is 23.7. The molecule has 0 saturated carbocycles. The van der Waals surface area contributed by atoms with Crippen molar-refractivity contribution in [2.45, 2.75) is 6.92 Å². The quantitative estimate of drug-likeness (QED) is 0.640. The Bertz CT molecular complexity index is 533. The van der Waals surface area contributed by atoms with Gasteiger partial charge in [-0.25, -0.2) is 9.59 Å². The van der Waals surface area contributed by atoms with Crippen LogP contribution in [0.1, 0.15) is 12.5 Å². The molecule has 106 valence electrons. The Kier molecular flexibility index (Phi) is 5.53. The molecule has 5 nitrogen and oxygen atoms in total. The Morgan fingerprint density at radius 3 is 2.45 bits per heavy atom. The van der Waals surface area contributed by atoms with Crippen LogP contribution in [-0.4, -0.2) is 35.6 Å². The lowest BCUT2D eigenvalue weighted by atomic mass is 10.2. The van der Waals surface area contributed by atoms with Gasteiger partial charge >= 0.3 is 12.0 Å². The summed E-state index contributed by atoms with van der Waals surface area (Å²) in [6.07, 6.45) is 2.55. The first-order valence-electron chi connectivity index (χ1n) is 6.06. The third-order valence-electron chi connectivity index (χ3n) is 2.43. The van der Waals surface area contributed by atoms with Crippen LogP contribution in [0.15, 0.2) is 42.5 Å². The highest BCUT2D eigenvalue weighted by Crippen LogP contribution is 2.11. The van der Waals surface area contributed by atoms with E-state index in [9.17, 15) is 9.59 Å². The lowest BCUT2D eigenvalue weighted by Crippen LogP contribution is -2.32. The summed E-state index contributed by atoms with van der Waals surface area (Å²) < 4.78 is 0. The van der Waals surface area contributed by atoms with E-state index in [0.717, 1.165) is 17.2 Å². The number of urea groups is 1. The van der Waals surface area contributed by atoms with Crippen LogP contribution in [0.2, 0.25) is 0 Å². The SMILES string of the molecule is C=C(C)CN(C)C(=O)Nc1ccc(/C=C/C(=O)O)cc1. The number of amides is 2. The second-order valence-corrected chi connectivity index (χ2v) is 4.54. The number of rotatable bonds is 5. The van der Waals surface area contributed by atoms with Gasteiger partial charge in [-0.15, -0.1) is 0 Å². The molecule has 0 aliphatic carbocycles. The third kappa shape index (κ3) is 5.39. The summed E-state index contributed by atoms with van der Waals surface area (Å²) in [5.41, 5.74) is 2.30. The highest BCUT2D eigenvalue weighted by Gasteiger charge is 2.08. The minimum absolute atomic E-state index is 0.221. The molecule has 20 heavy (non-hydrogen) atoms. The van der Waals surface area contributed by atoms with E-state index in [2.05, 4.69) is 11.9 Å². The van der Waals surface area contributed by atoms with Crippen molar-refractivity contribution in [3.05, 3.63) is 48.1 Å². The predicted octanol–water partition coefficient (Wildman–Crippen LogP) is 2.82.